The van der Waals surface area contributed by atoms with Gasteiger partial charge in [0, 0.05) is 6.42 Å². The predicted octanol–water partition coefficient (Wildman–Crippen LogP) is 0.350. The third-order valence-corrected chi connectivity index (χ3v) is 1.50. The zero-order valence-corrected chi connectivity index (χ0v) is 10.1. The molecule has 0 aliphatic rings. The van der Waals surface area contributed by atoms with Crippen LogP contribution in [0.4, 0.5) is 4.79 Å². The van der Waals surface area contributed by atoms with E-state index in [4.69, 9.17) is 14.9 Å². The highest BCUT2D eigenvalue weighted by Gasteiger charge is 2.22. The van der Waals surface area contributed by atoms with Gasteiger partial charge in [-0.05, 0) is 20.8 Å². The Labute approximate surface area is 100.0 Å². The number of ether oxygens (including phenoxy) is 1. The standard InChI is InChI=1S/C11H17NO5/c1-11(2,3)17-10(16)12-8(9(14)15)6-4-5-7-13/h8,13H,6-7H2,1-3H3,(H,12,16)(H,14,15)/t8-/m1/s1. The van der Waals surface area contributed by atoms with E-state index in [2.05, 4.69) is 17.2 Å². The van der Waals surface area contributed by atoms with Crippen molar-refractivity contribution in [1.29, 1.82) is 0 Å². The number of carbonyl (C=O) groups excluding carboxylic acids is 1. The fourth-order valence-corrected chi connectivity index (χ4v) is 0.880. The number of aliphatic hydroxyl groups excluding tert-OH is 1. The minimum atomic E-state index is -1.21. The van der Waals surface area contributed by atoms with Crippen molar-refractivity contribution >= 4 is 12.1 Å². The number of amides is 1. The molecule has 1 amide bonds. The second kappa shape index (κ2) is 6.76. The highest BCUT2D eigenvalue weighted by atomic mass is 16.6. The third-order valence-electron chi connectivity index (χ3n) is 1.50. The lowest BCUT2D eigenvalue weighted by atomic mass is 10.2. The Morgan fingerprint density at radius 2 is 1.94 bits per heavy atom. The number of hydrogen-bond donors (Lipinski definition) is 3. The van der Waals surface area contributed by atoms with Crippen LogP contribution in [0.15, 0.2) is 0 Å². The van der Waals surface area contributed by atoms with E-state index in [1.165, 1.54) is 0 Å². The summed E-state index contributed by atoms with van der Waals surface area (Å²) in [7, 11) is 0. The first-order valence-corrected chi connectivity index (χ1v) is 5.05. The van der Waals surface area contributed by atoms with Crippen LogP contribution in [-0.4, -0.2) is 40.5 Å². The molecule has 96 valence electrons. The predicted molar refractivity (Wildman–Crippen MR) is 60.3 cm³/mol. The largest absolute Gasteiger partial charge is 0.480 e. The lowest BCUT2D eigenvalue weighted by Gasteiger charge is -2.21. The molecule has 0 aliphatic heterocycles. The van der Waals surface area contributed by atoms with Crippen molar-refractivity contribution in [3.8, 4) is 11.8 Å². The van der Waals surface area contributed by atoms with Crippen LogP contribution in [0.3, 0.4) is 0 Å². The molecule has 0 aliphatic carbocycles. The molecular formula is C11H17NO5. The molecule has 0 aromatic rings. The van der Waals surface area contributed by atoms with Gasteiger partial charge in [-0.3, -0.25) is 0 Å². The molecule has 0 rings (SSSR count). The van der Waals surface area contributed by atoms with Crippen molar-refractivity contribution in [2.24, 2.45) is 0 Å². The van der Waals surface area contributed by atoms with Gasteiger partial charge in [-0.1, -0.05) is 11.8 Å². The van der Waals surface area contributed by atoms with Gasteiger partial charge in [0.05, 0.1) is 0 Å². The lowest BCUT2D eigenvalue weighted by Crippen LogP contribution is -2.43. The van der Waals surface area contributed by atoms with E-state index in [9.17, 15) is 9.59 Å². The van der Waals surface area contributed by atoms with Crippen molar-refractivity contribution in [1.82, 2.24) is 5.32 Å². The molecule has 0 bridgehead atoms. The van der Waals surface area contributed by atoms with Crippen molar-refractivity contribution in [2.45, 2.75) is 38.8 Å². The second-order valence-corrected chi connectivity index (χ2v) is 4.25. The van der Waals surface area contributed by atoms with E-state index in [1.807, 2.05) is 0 Å². The maximum Gasteiger partial charge on any atom is 0.408 e. The van der Waals surface area contributed by atoms with E-state index in [1.54, 1.807) is 20.8 Å². The van der Waals surface area contributed by atoms with Crippen LogP contribution in [0.2, 0.25) is 0 Å². The molecule has 0 saturated carbocycles. The quantitative estimate of drug-likeness (QED) is 0.621. The first-order chi connectivity index (χ1) is 7.76. The molecule has 0 heterocycles. The zero-order valence-electron chi connectivity index (χ0n) is 10.1. The van der Waals surface area contributed by atoms with Gasteiger partial charge >= 0.3 is 12.1 Å². The molecular weight excluding hydrogens is 226 g/mol. The number of alkyl carbamates (subject to hydrolysis) is 1. The van der Waals surface area contributed by atoms with Gasteiger partial charge < -0.3 is 20.3 Å². The Morgan fingerprint density at radius 3 is 2.35 bits per heavy atom. The molecule has 0 spiro atoms. The number of carboxylic acid groups (broad SMARTS) is 1. The summed E-state index contributed by atoms with van der Waals surface area (Å²) in [6.07, 6.45) is -0.898. The van der Waals surface area contributed by atoms with Crippen LogP contribution >= 0.6 is 0 Å². The number of carboxylic acids is 1. The number of carbonyl (C=O) groups is 2. The topological polar surface area (TPSA) is 95.9 Å². The molecule has 0 radical (unpaired) electrons. The van der Waals surface area contributed by atoms with E-state index in [0.29, 0.717) is 0 Å². The van der Waals surface area contributed by atoms with E-state index >= 15 is 0 Å². The van der Waals surface area contributed by atoms with Crippen molar-refractivity contribution < 1.29 is 24.5 Å². The van der Waals surface area contributed by atoms with E-state index < -0.39 is 23.7 Å². The fraction of sp³-hybridized carbons (Fsp3) is 0.636. The molecule has 0 aromatic carbocycles. The molecule has 6 nitrogen and oxygen atoms in total. The fourth-order valence-electron chi connectivity index (χ4n) is 0.880. The van der Waals surface area contributed by atoms with Crippen LogP contribution in [-0.2, 0) is 9.53 Å². The van der Waals surface area contributed by atoms with Gasteiger partial charge in [-0.25, -0.2) is 9.59 Å². The van der Waals surface area contributed by atoms with Crippen molar-refractivity contribution in [2.75, 3.05) is 6.61 Å². The second-order valence-electron chi connectivity index (χ2n) is 4.25. The molecule has 3 N–H and O–H groups in total. The summed E-state index contributed by atoms with van der Waals surface area (Å²) in [5.74, 6) is 3.53. The minimum Gasteiger partial charge on any atom is -0.480 e. The summed E-state index contributed by atoms with van der Waals surface area (Å²) in [5.41, 5.74) is -0.691. The van der Waals surface area contributed by atoms with E-state index in [0.717, 1.165) is 0 Å². The summed E-state index contributed by atoms with van der Waals surface area (Å²) in [6, 6.07) is -1.15. The summed E-state index contributed by atoms with van der Waals surface area (Å²) < 4.78 is 4.91. The third kappa shape index (κ3) is 8.11. The monoisotopic (exact) mass is 243 g/mol. The Hall–Kier alpha value is -1.74. The number of nitrogens with one attached hydrogen (secondary N) is 1. The zero-order chi connectivity index (χ0) is 13.5. The van der Waals surface area contributed by atoms with Crippen LogP contribution in [0, 0.1) is 11.8 Å². The van der Waals surface area contributed by atoms with Crippen LogP contribution < -0.4 is 5.32 Å². The van der Waals surface area contributed by atoms with Gasteiger partial charge in [-0.2, -0.15) is 0 Å². The van der Waals surface area contributed by atoms with Crippen LogP contribution in [0.5, 0.6) is 0 Å². The summed E-state index contributed by atoms with van der Waals surface area (Å²) in [5, 5.41) is 19.4. The minimum absolute atomic E-state index is 0.0882. The van der Waals surface area contributed by atoms with Gasteiger partial charge in [0.25, 0.3) is 0 Å². The highest BCUT2D eigenvalue weighted by Crippen LogP contribution is 2.07. The maximum atomic E-state index is 11.3. The molecule has 1 atom stereocenters. The molecule has 0 saturated heterocycles. The highest BCUT2D eigenvalue weighted by molar-refractivity contribution is 5.80. The van der Waals surface area contributed by atoms with E-state index in [-0.39, 0.29) is 13.0 Å². The average molecular weight is 243 g/mol. The number of aliphatic carboxylic acids is 1. The Morgan fingerprint density at radius 1 is 1.35 bits per heavy atom. The average Bonchev–Trinajstić information content (AvgIpc) is 2.13. The van der Waals surface area contributed by atoms with Gasteiger partial charge in [-0.15, -0.1) is 0 Å². The van der Waals surface area contributed by atoms with Crippen molar-refractivity contribution in [3.63, 3.8) is 0 Å². The van der Waals surface area contributed by atoms with Crippen LogP contribution in [0.1, 0.15) is 27.2 Å². The molecule has 6 heteroatoms. The molecule has 0 fully saturated rings. The molecule has 0 aromatic heterocycles. The Bertz CT molecular complexity index is 334. The van der Waals surface area contributed by atoms with Crippen LogP contribution in [0.25, 0.3) is 0 Å². The van der Waals surface area contributed by atoms with Gasteiger partial charge in [0.15, 0.2) is 0 Å². The molecule has 0 unspecified atom stereocenters. The maximum absolute atomic E-state index is 11.3. The Balaban J connectivity index is 4.35. The smallest absolute Gasteiger partial charge is 0.408 e. The Kier molecular flexibility index (Phi) is 6.07. The lowest BCUT2D eigenvalue weighted by molar-refractivity contribution is -0.139. The SMILES string of the molecule is CC(C)(C)OC(=O)N[C@H](CC#CCO)C(=O)O. The van der Waals surface area contributed by atoms with Crippen molar-refractivity contribution in [3.05, 3.63) is 0 Å². The first kappa shape index (κ1) is 15.3. The number of hydrogen-bond acceptors (Lipinski definition) is 4. The molecule has 17 heavy (non-hydrogen) atoms. The number of aliphatic hydroxyl groups is 1. The summed E-state index contributed by atoms with van der Waals surface area (Å²) >= 11 is 0. The first-order valence-electron chi connectivity index (χ1n) is 5.05. The van der Waals surface area contributed by atoms with Gasteiger partial charge in [0.1, 0.15) is 18.2 Å². The van der Waals surface area contributed by atoms with Gasteiger partial charge in [0.2, 0.25) is 0 Å². The summed E-state index contributed by atoms with van der Waals surface area (Å²) in [4.78, 5) is 22.1. The number of rotatable bonds is 3. The summed E-state index contributed by atoms with van der Waals surface area (Å²) in [6.45, 7) is 4.68. The normalized spacial score (nSPS) is 12.0.